The van der Waals surface area contributed by atoms with Crippen molar-refractivity contribution < 1.29 is 4.79 Å². The number of hydrogen-bond acceptors (Lipinski definition) is 5. The van der Waals surface area contributed by atoms with Crippen LogP contribution < -0.4 is 11.2 Å². The quantitative estimate of drug-likeness (QED) is 0.259. The molecular weight excluding hydrogens is 412 g/mol. The number of carbonyl (C=O) groups excluding carboxylic acids is 1. The molecule has 1 N–H and O–H groups in total. The Hall–Kier alpha value is -2.61. The van der Waals surface area contributed by atoms with Crippen molar-refractivity contribution in [1.82, 2.24) is 19.1 Å². The Morgan fingerprint density at radius 1 is 1.03 bits per heavy atom. The van der Waals surface area contributed by atoms with Crippen molar-refractivity contribution in [2.75, 3.05) is 5.75 Å². The van der Waals surface area contributed by atoms with Crippen LogP contribution in [0, 0.1) is 0 Å². The van der Waals surface area contributed by atoms with E-state index in [-0.39, 0.29) is 11.5 Å². The average molecular weight is 443 g/mol. The minimum atomic E-state index is -0.491. The number of imidazole rings is 1. The molecule has 31 heavy (non-hydrogen) atoms. The van der Waals surface area contributed by atoms with E-state index in [1.165, 1.54) is 42.0 Å². The molecule has 0 aliphatic heterocycles. The molecule has 0 aliphatic carbocycles. The smallest absolute Gasteiger partial charge is 0.313 e. The van der Waals surface area contributed by atoms with Gasteiger partial charge in [0.1, 0.15) is 0 Å². The van der Waals surface area contributed by atoms with Gasteiger partial charge in [-0.05, 0) is 6.42 Å². The predicted octanol–water partition coefficient (Wildman–Crippen LogP) is 4.15. The van der Waals surface area contributed by atoms with Gasteiger partial charge in [-0.25, -0.2) is 9.78 Å². The van der Waals surface area contributed by atoms with Gasteiger partial charge in [-0.3, -0.25) is 19.1 Å². The van der Waals surface area contributed by atoms with Gasteiger partial charge in [0.2, 0.25) is 0 Å². The summed E-state index contributed by atoms with van der Waals surface area (Å²) in [5.74, 6) is 0.221. The number of fused-ring (bicyclic) bond motifs is 1. The third-order valence-electron chi connectivity index (χ3n) is 5.39. The fourth-order valence-corrected chi connectivity index (χ4v) is 4.51. The number of H-pyrrole nitrogens is 1. The summed E-state index contributed by atoms with van der Waals surface area (Å²) in [7, 11) is 1.59. The number of rotatable bonds is 12. The van der Waals surface area contributed by atoms with Gasteiger partial charge in [0, 0.05) is 19.2 Å². The van der Waals surface area contributed by atoms with Crippen LogP contribution in [0.2, 0.25) is 0 Å². The van der Waals surface area contributed by atoms with E-state index < -0.39 is 11.2 Å². The predicted molar refractivity (Wildman–Crippen MR) is 125 cm³/mol. The molecule has 166 valence electrons. The molecule has 3 rings (SSSR count). The summed E-state index contributed by atoms with van der Waals surface area (Å²) in [6.07, 6.45) is 8.13. The standard InChI is InChI=1S/C23H30N4O3S/c1-3-4-5-6-7-8-12-15-27-19-20(26(2)22(30)25-21(19)29)24-23(27)31-16-18(28)17-13-10-9-11-14-17/h9-11,13-14H,3-8,12,15-16H2,1-2H3,(H,25,29,30). The summed E-state index contributed by atoms with van der Waals surface area (Å²) in [6, 6.07) is 9.13. The summed E-state index contributed by atoms with van der Waals surface area (Å²) < 4.78 is 3.21. The van der Waals surface area contributed by atoms with Crippen LogP contribution in [0.25, 0.3) is 11.2 Å². The van der Waals surface area contributed by atoms with Crippen LogP contribution in [0.4, 0.5) is 0 Å². The Morgan fingerprint density at radius 3 is 2.42 bits per heavy atom. The Balaban J connectivity index is 1.78. The SMILES string of the molecule is CCCCCCCCCn1c(SCC(=O)c2ccccc2)nc2c1c(=O)[nH]c(=O)n2C. The summed E-state index contributed by atoms with van der Waals surface area (Å²) >= 11 is 1.31. The number of aromatic amines is 1. The van der Waals surface area contributed by atoms with E-state index in [2.05, 4.69) is 16.9 Å². The normalized spacial score (nSPS) is 11.3. The highest BCUT2D eigenvalue weighted by molar-refractivity contribution is 7.99. The minimum absolute atomic E-state index is 0.00271. The monoisotopic (exact) mass is 442 g/mol. The van der Waals surface area contributed by atoms with Gasteiger partial charge in [0.15, 0.2) is 22.1 Å². The second-order valence-corrected chi connectivity index (χ2v) is 8.68. The highest BCUT2D eigenvalue weighted by Crippen LogP contribution is 2.23. The molecule has 8 heteroatoms. The summed E-state index contributed by atoms with van der Waals surface area (Å²) in [5, 5.41) is 0.594. The molecule has 0 radical (unpaired) electrons. The second-order valence-electron chi connectivity index (χ2n) is 7.74. The van der Waals surface area contributed by atoms with E-state index in [0.717, 1.165) is 19.3 Å². The zero-order valence-electron chi connectivity index (χ0n) is 18.2. The van der Waals surface area contributed by atoms with Gasteiger partial charge in [0.05, 0.1) is 5.75 Å². The molecule has 0 spiro atoms. The molecule has 0 saturated heterocycles. The number of nitrogens with one attached hydrogen (secondary N) is 1. The number of Topliss-reactive ketones (excluding diaryl/α,β-unsaturated/α-hetero) is 1. The van der Waals surface area contributed by atoms with Crippen LogP contribution in [0.5, 0.6) is 0 Å². The highest BCUT2D eigenvalue weighted by Gasteiger charge is 2.18. The van der Waals surface area contributed by atoms with E-state index in [4.69, 9.17) is 0 Å². The van der Waals surface area contributed by atoms with Crippen LogP contribution in [-0.2, 0) is 13.6 Å². The summed E-state index contributed by atoms with van der Waals surface area (Å²) in [4.78, 5) is 44.0. The Morgan fingerprint density at radius 2 is 1.71 bits per heavy atom. The van der Waals surface area contributed by atoms with Crippen LogP contribution in [0.1, 0.15) is 62.2 Å². The molecule has 3 aromatic rings. The molecule has 0 atom stereocenters. The number of carbonyl (C=O) groups is 1. The van der Waals surface area contributed by atoms with Crippen molar-refractivity contribution >= 4 is 28.7 Å². The third kappa shape index (κ3) is 5.76. The Labute approximate surface area is 185 Å². The first-order chi connectivity index (χ1) is 15.0. The van der Waals surface area contributed by atoms with Crippen molar-refractivity contribution in [3.05, 3.63) is 56.7 Å². The number of nitrogens with zero attached hydrogens (tertiary/aromatic N) is 3. The van der Waals surface area contributed by atoms with Crippen molar-refractivity contribution in [2.24, 2.45) is 7.05 Å². The molecule has 0 fully saturated rings. The maximum absolute atomic E-state index is 12.5. The molecule has 7 nitrogen and oxygen atoms in total. The van der Waals surface area contributed by atoms with Crippen molar-refractivity contribution in [3.8, 4) is 0 Å². The molecule has 0 saturated carbocycles. The van der Waals surface area contributed by atoms with E-state index in [0.29, 0.717) is 28.4 Å². The fraction of sp³-hybridized carbons (Fsp3) is 0.478. The van der Waals surface area contributed by atoms with Crippen LogP contribution in [0.15, 0.2) is 45.1 Å². The maximum Gasteiger partial charge on any atom is 0.329 e. The van der Waals surface area contributed by atoms with Gasteiger partial charge in [0.25, 0.3) is 5.56 Å². The lowest BCUT2D eigenvalue weighted by Crippen LogP contribution is -2.29. The van der Waals surface area contributed by atoms with Gasteiger partial charge in [-0.1, -0.05) is 87.5 Å². The van der Waals surface area contributed by atoms with Crippen LogP contribution in [0.3, 0.4) is 0 Å². The van der Waals surface area contributed by atoms with Crippen LogP contribution in [-0.4, -0.2) is 30.6 Å². The van der Waals surface area contributed by atoms with E-state index in [1.54, 1.807) is 19.2 Å². The zero-order valence-corrected chi connectivity index (χ0v) is 19.0. The van der Waals surface area contributed by atoms with Crippen molar-refractivity contribution in [1.29, 1.82) is 0 Å². The van der Waals surface area contributed by atoms with Gasteiger partial charge in [-0.2, -0.15) is 0 Å². The first kappa shape index (κ1) is 23.1. The molecule has 0 amide bonds. The molecule has 0 aliphatic rings. The largest absolute Gasteiger partial charge is 0.329 e. The summed E-state index contributed by atoms with van der Waals surface area (Å²) in [6.45, 7) is 2.84. The van der Waals surface area contributed by atoms with Gasteiger partial charge in [-0.15, -0.1) is 0 Å². The summed E-state index contributed by atoms with van der Waals surface area (Å²) in [5.41, 5.74) is 0.467. The Kier molecular flexibility index (Phi) is 8.28. The number of benzene rings is 1. The van der Waals surface area contributed by atoms with E-state index in [9.17, 15) is 14.4 Å². The molecule has 0 bridgehead atoms. The lowest BCUT2D eigenvalue weighted by atomic mass is 10.1. The molecular formula is C23H30N4O3S. The fourth-order valence-electron chi connectivity index (χ4n) is 3.60. The molecule has 2 aromatic heterocycles. The van der Waals surface area contributed by atoms with E-state index >= 15 is 0 Å². The topological polar surface area (TPSA) is 89.8 Å². The molecule has 0 unspecified atom stereocenters. The first-order valence-electron chi connectivity index (χ1n) is 10.9. The van der Waals surface area contributed by atoms with Gasteiger partial charge < -0.3 is 4.57 Å². The number of aromatic nitrogens is 4. The molecule has 1 aromatic carbocycles. The zero-order chi connectivity index (χ0) is 22.2. The van der Waals surface area contributed by atoms with Gasteiger partial charge >= 0.3 is 5.69 Å². The second kappa shape index (κ2) is 11.1. The minimum Gasteiger partial charge on any atom is -0.313 e. The maximum atomic E-state index is 12.5. The number of unbranched alkanes of at least 4 members (excludes halogenated alkanes) is 6. The van der Waals surface area contributed by atoms with Crippen molar-refractivity contribution in [2.45, 2.75) is 63.6 Å². The highest BCUT2D eigenvalue weighted by atomic mass is 32.2. The van der Waals surface area contributed by atoms with Crippen molar-refractivity contribution in [3.63, 3.8) is 0 Å². The average Bonchev–Trinajstić information content (AvgIpc) is 3.15. The van der Waals surface area contributed by atoms with E-state index in [1.807, 2.05) is 22.8 Å². The molecule has 2 heterocycles. The number of hydrogen-bond donors (Lipinski definition) is 1. The third-order valence-corrected chi connectivity index (χ3v) is 6.36. The first-order valence-corrected chi connectivity index (χ1v) is 11.9. The lowest BCUT2D eigenvalue weighted by molar-refractivity contribution is 0.102. The number of aryl methyl sites for hydroxylation is 2. The van der Waals surface area contributed by atoms with Crippen LogP contribution >= 0.6 is 11.8 Å². The number of thioether (sulfide) groups is 1. The Bertz CT molecular complexity index is 1130. The number of ketones is 1. The lowest BCUT2D eigenvalue weighted by Gasteiger charge is -2.08.